The fourth-order valence-electron chi connectivity index (χ4n) is 3.39. The van der Waals surface area contributed by atoms with Crippen molar-refractivity contribution in [1.82, 2.24) is 4.31 Å². The molecule has 0 radical (unpaired) electrons. The average molecular weight is 389 g/mol. The molecule has 0 spiro atoms. The lowest BCUT2D eigenvalue weighted by atomic mass is 10.0. The SMILES string of the molecule is COc1ccc(C)cc1N1CCN(S(=O)(=O)c2ccc(C(C)C)cc2)CC1. The Morgan fingerprint density at radius 3 is 2.15 bits per heavy atom. The van der Waals surface area contributed by atoms with E-state index in [0.29, 0.717) is 37.0 Å². The first-order chi connectivity index (χ1) is 12.8. The van der Waals surface area contributed by atoms with E-state index in [4.69, 9.17) is 4.74 Å². The molecule has 0 saturated carbocycles. The second-order valence-electron chi connectivity index (χ2n) is 7.29. The van der Waals surface area contributed by atoms with Gasteiger partial charge in [-0.1, -0.05) is 32.0 Å². The summed E-state index contributed by atoms with van der Waals surface area (Å²) in [4.78, 5) is 2.56. The molecule has 0 bridgehead atoms. The van der Waals surface area contributed by atoms with Crippen LogP contribution in [0.25, 0.3) is 0 Å². The molecule has 3 rings (SSSR count). The van der Waals surface area contributed by atoms with Crippen molar-refractivity contribution in [1.29, 1.82) is 0 Å². The minimum atomic E-state index is -3.46. The molecule has 2 aromatic rings. The summed E-state index contributed by atoms with van der Waals surface area (Å²) in [5.41, 5.74) is 3.33. The Morgan fingerprint density at radius 2 is 1.59 bits per heavy atom. The molecule has 1 aliphatic heterocycles. The fourth-order valence-corrected chi connectivity index (χ4v) is 4.81. The summed E-state index contributed by atoms with van der Waals surface area (Å²) < 4.78 is 33.0. The van der Waals surface area contributed by atoms with Crippen molar-refractivity contribution in [3.05, 3.63) is 53.6 Å². The van der Waals surface area contributed by atoms with E-state index < -0.39 is 10.0 Å². The average Bonchev–Trinajstić information content (AvgIpc) is 2.68. The number of nitrogens with zero attached hydrogens (tertiary/aromatic N) is 2. The Hall–Kier alpha value is -2.05. The van der Waals surface area contributed by atoms with Crippen LogP contribution in [-0.2, 0) is 10.0 Å². The summed E-state index contributed by atoms with van der Waals surface area (Å²) in [5.74, 6) is 1.20. The van der Waals surface area contributed by atoms with Gasteiger partial charge < -0.3 is 9.64 Å². The molecule has 1 saturated heterocycles. The highest BCUT2D eigenvalue weighted by atomic mass is 32.2. The molecular weight excluding hydrogens is 360 g/mol. The highest BCUT2D eigenvalue weighted by Crippen LogP contribution is 2.31. The van der Waals surface area contributed by atoms with E-state index in [1.54, 1.807) is 23.5 Å². The van der Waals surface area contributed by atoms with Gasteiger partial charge in [-0.2, -0.15) is 4.31 Å². The van der Waals surface area contributed by atoms with Crippen molar-refractivity contribution in [3.8, 4) is 5.75 Å². The van der Waals surface area contributed by atoms with Crippen molar-refractivity contribution in [2.24, 2.45) is 0 Å². The number of anilines is 1. The molecule has 0 aromatic heterocycles. The van der Waals surface area contributed by atoms with Crippen LogP contribution in [0.2, 0.25) is 0 Å². The number of sulfonamides is 1. The van der Waals surface area contributed by atoms with E-state index in [1.165, 1.54) is 0 Å². The monoisotopic (exact) mass is 388 g/mol. The first kappa shape index (κ1) is 19.7. The van der Waals surface area contributed by atoms with Gasteiger partial charge in [-0.05, 0) is 48.2 Å². The lowest BCUT2D eigenvalue weighted by Crippen LogP contribution is -2.48. The number of piperazine rings is 1. The van der Waals surface area contributed by atoms with Crippen LogP contribution in [0.3, 0.4) is 0 Å². The first-order valence-electron chi connectivity index (χ1n) is 9.32. The van der Waals surface area contributed by atoms with Crippen molar-refractivity contribution in [2.45, 2.75) is 31.6 Å². The standard InChI is InChI=1S/C21H28N2O3S/c1-16(2)18-6-8-19(9-7-18)27(24,25)23-13-11-22(12-14-23)20-15-17(3)5-10-21(20)26-4/h5-10,15-16H,11-14H2,1-4H3. The van der Waals surface area contributed by atoms with Gasteiger partial charge in [0.2, 0.25) is 10.0 Å². The molecule has 6 heteroatoms. The minimum absolute atomic E-state index is 0.369. The molecule has 146 valence electrons. The molecule has 1 aliphatic rings. The predicted molar refractivity (Wildman–Crippen MR) is 109 cm³/mol. The van der Waals surface area contributed by atoms with E-state index in [2.05, 4.69) is 24.8 Å². The summed E-state index contributed by atoms with van der Waals surface area (Å²) >= 11 is 0. The molecule has 0 aliphatic carbocycles. The number of benzene rings is 2. The third kappa shape index (κ3) is 4.12. The number of methoxy groups -OCH3 is 1. The lowest BCUT2D eigenvalue weighted by Gasteiger charge is -2.36. The maximum absolute atomic E-state index is 13.0. The van der Waals surface area contributed by atoms with Crippen LogP contribution in [0.15, 0.2) is 47.4 Å². The predicted octanol–water partition coefficient (Wildman–Crippen LogP) is 3.64. The molecular formula is C21H28N2O3S. The molecule has 0 N–H and O–H groups in total. The Bertz CT molecular complexity index is 884. The quantitative estimate of drug-likeness (QED) is 0.785. The summed E-state index contributed by atoms with van der Waals surface area (Å²) in [5, 5.41) is 0. The van der Waals surface area contributed by atoms with E-state index in [1.807, 2.05) is 31.2 Å². The fraction of sp³-hybridized carbons (Fsp3) is 0.429. The molecule has 0 atom stereocenters. The van der Waals surface area contributed by atoms with Crippen LogP contribution in [0.1, 0.15) is 30.9 Å². The zero-order valence-corrected chi connectivity index (χ0v) is 17.3. The van der Waals surface area contributed by atoms with E-state index >= 15 is 0 Å². The van der Waals surface area contributed by atoms with Gasteiger partial charge in [0.25, 0.3) is 0 Å². The van der Waals surface area contributed by atoms with Gasteiger partial charge in [-0.25, -0.2) is 8.42 Å². The van der Waals surface area contributed by atoms with Crippen molar-refractivity contribution in [2.75, 3.05) is 38.2 Å². The molecule has 2 aromatic carbocycles. The summed E-state index contributed by atoms with van der Waals surface area (Å²) in [6.07, 6.45) is 0. The summed E-state index contributed by atoms with van der Waals surface area (Å²) in [6, 6.07) is 13.3. The molecule has 27 heavy (non-hydrogen) atoms. The van der Waals surface area contributed by atoms with Crippen molar-refractivity contribution >= 4 is 15.7 Å². The summed E-state index contributed by atoms with van der Waals surface area (Å²) in [6.45, 7) is 8.46. The molecule has 1 heterocycles. The van der Waals surface area contributed by atoms with Gasteiger partial charge in [0.1, 0.15) is 5.75 Å². The van der Waals surface area contributed by atoms with E-state index in [0.717, 1.165) is 22.6 Å². The number of hydrogen-bond donors (Lipinski definition) is 0. The summed E-state index contributed by atoms with van der Waals surface area (Å²) in [7, 11) is -1.80. The van der Waals surface area contributed by atoms with Crippen LogP contribution in [0.5, 0.6) is 5.75 Å². The Balaban J connectivity index is 1.74. The number of aryl methyl sites for hydroxylation is 1. The van der Waals surface area contributed by atoms with Gasteiger partial charge in [-0.15, -0.1) is 0 Å². The highest BCUT2D eigenvalue weighted by Gasteiger charge is 2.29. The molecule has 1 fully saturated rings. The third-order valence-corrected chi connectivity index (χ3v) is 7.01. The molecule has 5 nitrogen and oxygen atoms in total. The zero-order valence-electron chi connectivity index (χ0n) is 16.5. The number of rotatable bonds is 5. The normalized spacial score (nSPS) is 16.0. The van der Waals surface area contributed by atoms with E-state index in [-0.39, 0.29) is 0 Å². The highest BCUT2D eigenvalue weighted by molar-refractivity contribution is 7.89. The Labute approximate surface area is 162 Å². The third-order valence-electron chi connectivity index (χ3n) is 5.10. The van der Waals surface area contributed by atoms with E-state index in [9.17, 15) is 8.42 Å². The van der Waals surface area contributed by atoms with Crippen LogP contribution < -0.4 is 9.64 Å². The molecule has 0 unspecified atom stereocenters. The van der Waals surface area contributed by atoms with Crippen LogP contribution >= 0.6 is 0 Å². The molecule has 0 amide bonds. The van der Waals surface area contributed by atoms with Gasteiger partial charge >= 0.3 is 0 Å². The largest absolute Gasteiger partial charge is 0.495 e. The van der Waals surface area contributed by atoms with Crippen molar-refractivity contribution in [3.63, 3.8) is 0 Å². The minimum Gasteiger partial charge on any atom is -0.495 e. The number of hydrogen-bond acceptors (Lipinski definition) is 4. The smallest absolute Gasteiger partial charge is 0.243 e. The Morgan fingerprint density at radius 1 is 0.963 bits per heavy atom. The Kier molecular flexibility index (Phi) is 5.77. The van der Waals surface area contributed by atoms with Crippen LogP contribution in [-0.4, -0.2) is 46.0 Å². The maximum atomic E-state index is 13.0. The van der Waals surface area contributed by atoms with Crippen LogP contribution in [0, 0.1) is 6.92 Å². The maximum Gasteiger partial charge on any atom is 0.243 e. The second-order valence-corrected chi connectivity index (χ2v) is 9.23. The zero-order chi connectivity index (χ0) is 19.6. The first-order valence-corrected chi connectivity index (χ1v) is 10.8. The van der Waals surface area contributed by atoms with Gasteiger partial charge in [-0.3, -0.25) is 0 Å². The van der Waals surface area contributed by atoms with Crippen molar-refractivity contribution < 1.29 is 13.2 Å². The lowest BCUT2D eigenvalue weighted by molar-refractivity contribution is 0.378. The second kappa shape index (κ2) is 7.90. The van der Waals surface area contributed by atoms with Gasteiger partial charge in [0.05, 0.1) is 17.7 Å². The number of ether oxygens (including phenoxy) is 1. The van der Waals surface area contributed by atoms with Gasteiger partial charge in [0, 0.05) is 26.2 Å². The van der Waals surface area contributed by atoms with Gasteiger partial charge in [0.15, 0.2) is 0 Å². The van der Waals surface area contributed by atoms with Crippen LogP contribution in [0.4, 0.5) is 5.69 Å². The topological polar surface area (TPSA) is 49.9 Å².